The predicted molar refractivity (Wildman–Crippen MR) is 60.5 cm³/mol. The number of rotatable bonds is 5. The largest absolute Gasteiger partial charge is 0.378 e. The zero-order chi connectivity index (χ0) is 10.2. The van der Waals surface area contributed by atoms with Gasteiger partial charge in [0, 0.05) is 6.61 Å². The van der Waals surface area contributed by atoms with Crippen LogP contribution in [0.15, 0.2) is 0 Å². The van der Waals surface area contributed by atoms with Crippen molar-refractivity contribution in [3.63, 3.8) is 0 Å². The molecule has 0 amide bonds. The van der Waals surface area contributed by atoms with E-state index in [1.807, 2.05) is 0 Å². The van der Waals surface area contributed by atoms with Crippen molar-refractivity contribution in [1.29, 1.82) is 0 Å². The molecule has 1 N–H and O–H groups in total. The lowest BCUT2D eigenvalue weighted by Crippen LogP contribution is -2.19. The van der Waals surface area contributed by atoms with Crippen LogP contribution in [0.4, 0.5) is 0 Å². The predicted octanol–water partition coefficient (Wildman–Crippen LogP) is 2.58. The first-order valence-electron chi connectivity index (χ1n) is 6.15. The molecule has 0 bridgehead atoms. The van der Waals surface area contributed by atoms with Gasteiger partial charge in [0.05, 0.1) is 6.10 Å². The molecule has 0 aromatic rings. The van der Waals surface area contributed by atoms with Crippen LogP contribution in [0.5, 0.6) is 0 Å². The lowest BCUT2D eigenvalue weighted by atomic mass is 10.1. The van der Waals surface area contributed by atoms with Crippen LogP contribution in [0.2, 0.25) is 0 Å². The first kappa shape index (κ1) is 12.0. The Morgan fingerprint density at radius 1 is 1.36 bits per heavy atom. The monoisotopic (exact) mass is 199 g/mol. The van der Waals surface area contributed by atoms with E-state index in [0.29, 0.717) is 6.10 Å². The quantitative estimate of drug-likeness (QED) is 0.735. The highest BCUT2D eigenvalue weighted by Gasteiger charge is 2.13. The number of nitrogens with one attached hydrogen (secondary N) is 1. The summed E-state index contributed by atoms with van der Waals surface area (Å²) in [5.74, 6) is 0.733. The molecule has 1 fully saturated rings. The topological polar surface area (TPSA) is 21.3 Å². The lowest BCUT2D eigenvalue weighted by Gasteiger charge is -2.18. The van der Waals surface area contributed by atoms with Gasteiger partial charge in [-0.05, 0) is 44.7 Å². The Labute approximate surface area is 88.4 Å². The molecule has 2 heteroatoms. The van der Waals surface area contributed by atoms with Crippen LogP contribution in [0.1, 0.15) is 46.0 Å². The third-order valence-corrected chi connectivity index (χ3v) is 2.92. The van der Waals surface area contributed by atoms with Crippen LogP contribution in [-0.4, -0.2) is 25.8 Å². The van der Waals surface area contributed by atoms with E-state index >= 15 is 0 Å². The highest BCUT2D eigenvalue weighted by atomic mass is 16.5. The fraction of sp³-hybridized carbons (Fsp3) is 1.00. The number of hydrogen-bond donors (Lipinski definition) is 1. The maximum absolute atomic E-state index is 5.94. The van der Waals surface area contributed by atoms with Crippen LogP contribution >= 0.6 is 0 Å². The molecule has 1 heterocycles. The van der Waals surface area contributed by atoms with E-state index in [1.54, 1.807) is 0 Å². The molecule has 0 aromatic heterocycles. The van der Waals surface area contributed by atoms with Crippen LogP contribution in [0.3, 0.4) is 0 Å². The summed E-state index contributed by atoms with van der Waals surface area (Å²) in [6.45, 7) is 7.79. The molecule has 1 aliphatic heterocycles. The van der Waals surface area contributed by atoms with E-state index in [2.05, 4.69) is 19.2 Å². The highest BCUT2D eigenvalue weighted by Crippen LogP contribution is 2.13. The first-order valence-corrected chi connectivity index (χ1v) is 6.15. The standard InChI is InChI=1S/C12H25NO/c1-3-5-11(2)10-14-12-6-4-8-13-9-7-12/h11-13H,3-10H2,1-2H3. The van der Waals surface area contributed by atoms with Gasteiger partial charge in [0.25, 0.3) is 0 Å². The third-order valence-electron chi connectivity index (χ3n) is 2.92. The van der Waals surface area contributed by atoms with Crippen LogP contribution in [-0.2, 0) is 4.74 Å². The van der Waals surface area contributed by atoms with E-state index in [4.69, 9.17) is 4.74 Å². The van der Waals surface area contributed by atoms with Gasteiger partial charge in [0.2, 0.25) is 0 Å². The highest BCUT2D eigenvalue weighted by molar-refractivity contribution is 4.66. The summed E-state index contributed by atoms with van der Waals surface area (Å²) in [6.07, 6.45) is 6.79. The zero-order valence-electron chi connectivity index (χ0n) is 9.72. The maximum atomic E-state index is 5.94. The molecule has 1 aliphatic rings. The number of ether oxygens (including phenoxy) is 1. The molecule has 14 heavy (non-hydrogen) atoms. The van der Waals surface area contributed by atoms with Gasteiger partial charge in [-0.1, -0.05) is 20.3 Å². The summed E-state index contributed by atoms with van der Waals surface area (Å²) in [5, 5.41) is 3.41. The summed E-state index contributed by atoms with van der Waals surface area (Å²) in [7, 11) is 0. The maximum Gasteiger partial charge on any atom is 0.0587 e. The van der Waals surface area contributed by atoms with E-state index < -0.39 is 0 Å². The first-order chi connectivity index (χ1) is 6.83. The van der Waals surface area contributed by atoms with Crippen molar-refractivity contribution in [3.8, 4) is 0 Å². The second-order valence-electron chi connectivity index (χ2n) is 4.53. The van der Waals surface area contributed by atoms with Crippen LogP contribution < -0.4 is 5.32 Å². The smallest absolute Gasteiger partial charge is 0.0587 e. The Morgan fingerprint density at radius 3 is 3.00 bits per heavy atom. The van der Waals surface area contributed by atoms with Gasteiger partial charge in [-0.25, -0.2) is 0 Å². The molecule has 0 saturated carbocycles. The summed E-state index contributed by atoms with van der Waals surface area (Å²) in [5.41, 5.74) is 0. The molecule has 84 valence electrons. The molecule has 0 aliphatic carbocycles. The van der Waals surface area contributed by atoms with Crippen LogP contribution in [0.25, 0.3) is 0 Å². The van der Waals surface area contributed by atoms with Crippen molar-refractivity contribution in [2.75, 3.05) is 19.7 Å². The summed E-state index contributed by atoms with van der Waals surface area (Å²) in [6, 6.07) is 0. The lowest BCUT2D eigenvalue weighted by molar-refractivity contribution is 0.0240. The zero-order valence-corrected chi connectivity index (χ0v) is 9.72. The molecule has 2 unspecified atom stereocenters. The molecule has 2 nitrogen and oxygen atoms in total. The average molecular weight is 199 g/mol. The second kappa shape index (κ2) is 7.24. The van der Waals surface area contributed by atoms with Gasteiger partial charge in [-0.15, -0.1) is 0 Å². The van der Waals surface area contributed by atoms with Gasteiger partial charge >= 0.3 is 0 Å². The minimum atomic E-state index is 0.518. The second-order valence-corrected chi connectivity index (χ2v) is 4.53. The molecule has 0 aromatic carbocycles. The fourth-order valence-electron chi connectivity index (χ4n) is 2.03. The van der Waals surface area contributed by atoms with Gasteiger partial charge in [-0.3, -0.25) is 0 Å². The molecule has 0 radical (unpaired) electrons. The van der Waals surface area contributed by atoms with Crippen molar-refractivity contribution in [2.45, 2.75) is 52.1 Å². The fourth-order valence-corrected chi connectivity index (χ4v) is 2.03. The Bertz CT molecular complexity index is 130. The van der Waals surface area contributed by atoms with Crippen LogP contribution in [0, 0.1) is 5.92 Å². The van der Waals surface area contributed by atoms with E-state index in [0.717, 1.165) is 19.1 Å². The van der Waals surface area contributed by atoms with E-state index in [9.17, 15) is 0 Å². The van der Waals surface area contributed by atoms with E-state index in [-0.39, 0.29) is 0 Å². The average Bonchev–Trinajstić information content (AvgIpc) is 2.43. The van der Waals surface area contributed by atoms with Crippen molar-refractivity contribution in [2.24, 2.45) is 5.92 Å². The summed E-state index contributed by atoms with van der Waals surface area (Å²) >= 11 is 0. The molecule has 1 rings (SSSR count). The molecule has 2 atom stereocenters. The summed E-state index contributed by atoms with van der Waals surface area (Å²) in [4.78, 5) is 0. The number of hydrogen-bond acceptors (Lipinski definition) is 2. The Hall–Kier alpha value is -0.0800. The Kier molecular flexibility index (Phi) is 6.20. The molecule has 1 saturated heterocycles. The third kappa shape index (κ3) is 4.97. The Morgan fingerprint density at radius 2 is 2.21 bits per heavy atom. The minimum absolute atomic E-state index is 0.518. The van der Waals surface area contributed by atoms with Gasteiger partial charge < -0.3 is 10.1 Å². The van der Waals surface area contributed by atoms with Gasteiger partial charge in [0.1, 0.15) is 0 Å². The minimum Gasteiger partial charge on any atom is -0.378 e. The Balaban J connectivity index is 2.09. The van der Waals surface area contributed by atoms with Gasteiger partial charge in [-0.2, -0.15) is 0 Å². The molecular weight excluding hydrogens is 174 g/mol. The normalized spacial score (nSPS) is 25.7. The van der Waals surface area contributed by atoms with Crippen molar-refractivity contribution in [1.82, 2.24) is 5.32 Å². The molecular formula is C12H25NO. The van der Waals surface area contributed by atoms with Gasteiger partial charge in [0.15, 0.2) is 0 Å². The van der Waals surface area contributed by atoms with Crippen molar-refractivity contribution in [3.05, 3.63) is 0 Å². The SMILES string of the molecule is CCCC(C)COC1CCCNCC1. The molecule has 0 spiro atoms. The van der Waals surface area contributed by atoms with E-state index in [1.165, 1.54) is 38.6 Å². The van der Waals surface area contributed by atoms with Crippen molar-refractivity contribution < 1.29 is 4.74 Å². The van der Waals surface area contributed by atoms with Crippen molar-refractivity contribution >= 4 is 0 Å². The summed E-state index contributed by atoms with van der Waals surface area (Å²) < 4.78 is 5.94.